The largest absolute Gasteiger partial charge is 0.506 e. The van der Waals surface area contributed by atoms with Crippen LogP contribution < -0.4 is 5.32 Å². The number of hydrogen-bond donors (Lipinski definition) is 3. The summed E-state index contributed by atoms with van der Waals surface area (Å²) < 4.78 is 4.99. The number of carboxylic acid groups (broad SMARTS) is 1. The smallest absolute Gasteiger partial charge is 0.412 e. The number of carbonyl (C=O) groups excluding carboxylic acids is 1. The molecule has 0 radical (unpaired) electrons. The molecule has 0 atom stereocenters. The number of anilines is 1. The number of aromatic carboxylic acids is 1. The highest BCUT2D eigenvalue weighted by Gasteiger charge is 2.17. The van der Waals surface area contributed by atoms with Crippen LogP contribution in [0.3, 0.4) is 0 Å². The summed E-state index contributed by atoms with van der Waals surface area (Å²) in [7, 11) is 0. The maximum atomic E-state index is 11.5. The molecule has 6 nitrogen and oxygen atoms in total. The van der Waals surface area contributed by atoms with Gasteiger partial charge in [-0.15, -0.1) is 0 Å². The molecule has 1 aromatic rings. The molecule has 0 unspecified atom stereocenters. The Morgan fingerprint density at radius 1 is 1.28 bits per heavy atom. The molecule has 0 aliphatic rings. The van der Waals surface area contributed by atoms with Crippen LogP contribution in [0.25, 0.3) is 0 Å². The van der Waals surface area contributed by atoms with E-state index in [0.717, 1.165) is 6.07 Å². The van der Waals surface area contributed by atoms with Crippen molar-refractivity contribution in [2.75, 3.05) is 5.32 Å². The van der Waals surface area contributed by atoms with Crippen molar-refractivity contribution in [2.45, 2.75) is 26.4 Å². The molecule has 3 N–H and O–H groups in total. The van der Waals surface area contributed by atoms with Crippen LogP contribution >= 0.6 is 0 Å². The van der Waals surface area contributed by atoms with Gasteiger partial charge in [0.25, 0.3) is 0 Å². The van der Waals surface area contributed by atoms with Crippen LogP contribution in [0.5, 0.6) is 5.75 Å². The van der Waals surface area contributed by atoms with Crippen LogP contribution in [0.4, 0.5) is 10.5 Å². The van der Waals surface area contributed by atoms with E-state index in [2.05, 4.69) is 5.32 Å². The highest BCUT2D eigenvalue weighted by Crippen LogP contribution is 2.24. The van der Waals surface area contributed by atoms with Gasteiger partial charge in [0.15, 0.2) is 0 Å². The van der Waals surface area contributed by atoms with Crippen molar-refractivity contribution < 1.29 is 24.5 Å². The summed E-state index contributed by atoms with van der Waals surface area (Å²) in [6.45, 7) is 5.08. The summed E-state index contributed by atoms with van der Waals surface area (Å²) in [5.41, 5.74) is -0.729. The van der Waals surface area contributed by atoms with E-state index in [4.69, 9.17) is 9.84 Å². The number of hydrogen-bond acceptors (Lipinski definition) is 4. The van der Waals surface area contributed by atoms with Crippen molar-refractivity contribution >= 4 is 17.7 Å². The molecule has 0 saturated carbocycles. The minimum absolute atomic E-state index is 0.0100. The second-order valence-electron chi connectivity index (χ2n) is 4.66. The van der Waals surface area contributed by atoms with E-state index < -0.39 is 17.7 Å². The summed E-state index contributed by atoms with van der Waals surface area (Å²) in [5.74, 6) is -1.38. The summed E-state index contributed by atoms with van der Waals surface area (Å²) in [6.07, 6.45) is -0.764. The molecule has 0 spiro atoms. The molecule has 0 saturated heterocycles. The predicted molar refractivity (Wildman–Crippen MR) is 64.9 cm³/mol. The fraction of sp³-hybridized carbons (Fsp3) is 0.333. The first-order chi connectivity index (χ1) is 8.19. The van der Waals surface area contributed by atoms with Crippen molar-refractivity contribution in [1.29, 1.82) is 0 Å². The minimum atomic E-state index is -1.15. The third-order valence-corrected chi connectivity index (χ3v) is 1.88. The van der Waals surface area contributed by atoms with Gasteiger partial charge in [0.05, 0.1) is 11.3 Å². The lowest BCUT2D eigenvalue weighted by Crippen LogP contribution is -2.27. The SMILES string of the molecule is CC(C)(C)OC(=O)Nc1cc(C(=O)O)ccc1O. The zero-order valence-corrected chi connectivity index (χ0v) is 10.4. The number of ether oxygens (including phenoxy) is 1. The van der Waals surface area contributed by atoms with Gasteiger partial charge in [0, 0.05) is 0 Å². The quantitative estimate of drug-likeness (QED) is 0.703. The number of aromatic hydroxyl groups is 1. The van der Waals surface area contributed by atoms with Gasteiger partial charge < -0.3 is 14.9 Å². The van der Waals surface area contributed by atoms with E-state index in [9.17, 15) is 14.7 Å². The van der Waals surface area contributed by atoms with Gasteiger partial charge in [-0.3, -0.25) is 5.32 Å². The number of amides is 1. The highest BCUT2D eigenvalue weighted by atomic mass is 16.6. The number of phenols is 1. The number of benzene rings is 1. The highest BCUT2D eigenvalue weighted by molar-refractivity contribution is 5.93. The topological polar surface area (TPSA) is 95.9 Å². The summed E-state index contributed by atoms with van der Waals surface area (Å²) in [4.78, 5) is 22.2. The Kier molecular flexibility index (Phi) is 3.80. The molecule has 0 bridgehead atoms. The van der Waals surface area contributed by atoms with Gasteiger partial charge in [-0.1, -0.05) is 0 Å². The Labute approximate surface area is 104 Å². The van der Waals surface area contributed by atoms with Crippen LogP contribution in [0.15, 0.2) is 18.2 Å². The van der Waals surface area contributed by atoms with Gasteiger partial charge in [-0.25, -0.2) is 9.59 Å². The molecule has 0 heterocycles. The molecule has 0 aromatic heterocycles. The fourth-order valence-corrected chi connectivity index (χ4v) is 1.18. The third-order valence-electron chi connectivity index (χ3n) is 1.88. The number of nitrogens with one attached hydrogen (secondary N) is 1. The Hall–Kier alpha value is -2.24. The van der Waals surface area contributed by atoms with Crippen LogP contribution in [0.2, 0.25) is 0 Å². The van der Waals surface area contributed by atoms with Crippen LogP contribution in [0, 0.1) is 0 Å². The van der Waals surface area contributed by atoms with Gasteiger partial charge in [-0.05, 0) is 39.0 Å². The lowest BCUT2D eigenvalue weighted by atomic mass is 10.2. The molecule has 1 amide bonds. The fourth-order valence-electron chi connectivity index (χ4n) is 1.18. The second-order valence-corrected chi connectivity index (χ2v) is 4.66. The van der Waals surface area contributed by atoms with E-state index in [1.807, 2.05) is 0 Å². The molecule has 6 heteroatoms. The van der Waals surface area contributed by atoms with Crippen molar-refractivity contribution in [3.05, 3.63) is 23.8 Å². The van der Waals surface area contributed by atoms with Crippen molar-refractivity contribution in [3.63, 3.8) is 0 Å². The lowest BCUT2D eigenvalue weighted by molar-refractivity contribution is 0.0632. The minimum Gasteiger partial charge on any atom is -0.506 e. The number of rotatable bonds is 2. The molecule has 98 valence electrons. The van der Waals surface area contributed by atoms with E-state index in [-0.39, 0.29) is 17.0 Å². The van der Waals surface area contributed by atoms with Gasteiger partial charge in [0.1, 0.15) is 11.4 Å². The van der Waals surface area contributed by atoms with Crippen LogP contribution in [-0.2, 0) is 4.74 Å². The predicted octanol–water partition coefficient (Wildman–Crippen LogP) is 2.44. The Bertz CT molecular complexity index is 476. The molecule has 18 heavy (non-hydrogen) atoms. The Balaban J connectivity index is 2.87. The van der Waals surface area contributed by atoms with Gasteiger partial charge in [0.2, 0.25) is 0 Å². The van der Waals surface area contributed by atoms with Gasteiger partial charge in [-0.2, -0.15) is 0 Å². The van der Waals surface area contributed by atoms with Crippen LogP contribution in [-0.4, -0.2) is 27.9 Å². The van der Waals surface area contributed by atoms with Crippen molar-refractivity contribution in [2.24, 2.45) is 0 Å². The molecular weight excluding hydrogens is 238 g/mol. The normalized spacial score (nSPS) is 10.8. The first-order valence-corrected chi connectivity index (χ1v) is 5.25. The monoisotopic (exact) mass is 253 g/mol. The van der Waals surface area contributed by atoms with E-state index in [0.29, 0.717) is 0 Å². The standard InChI is InChI=1S/C12H15NO5/c1-12(2,3)18-11(17)13-8-6-7(10(15)16)4-5-9(8)14/h4-6,14H,1-3H3,(H,13,17)(H,15,16). The second kappa shape index (κ2) is 4.95. The Morgan fingerprint density at radius 2 is 1.89 bits per heavy atom. The van der Waals surface area contributed by atoms with E-state index in [1.165, 1.54) is 12.1 Å². The summed E-state index contributed by atoms with van der Waals surface area (Å²) >= 11 is 0. The molecule has 1 rings (SSSR count). The molecule has 1 aromatic carbocycles. The number of carboxylic acids is 1. The van der Waals surface area contributed by atoms with E-state index in [1.54, 1.807) is 20.8 Å². The summed E-state index contributed by atoms with van der Waals surface area (Å²) in [6, 6.07) is 3.58. The average Bonchev–Trinajstić information content (AvgIpc) is 2.18. The zero-order chi connectivity index (χ0) is 13.9. The molecule has 0 aliphatic carbocycles. The zero-order valence-electron chi connectivity index (χ0n) is 10.4. The molecule has 0 fully saturated rings. The van der Waals surface area contributed by atoms with Crippen molar-refractivity contribution in [3.8, 4) is 5.75 Å². The first-order valence-electron chi connectivity index (χ1n) is 5.25. The molecular formula is C12H15NO5. The van der Waals surface area contributed by atoms with E-state index >= 15 is 0 Å². The maximum absolute atomic E-state index is 11.5. The molecule has 0 aliphatic heterocycles. The van der Waals surface area contributed by atoms with Crippen molar-refractivity contribution in [1.82, 2.24) is 0 Å². The summed E-state index contributed by atoms with van der Waals surface area (Å²) in [5, 5.41) is 20.6. The Morgan fingerprint density at radius 3 is 2.39 bits per heavy atom. The van der Waals surface area contributed by atoms with Gasteiger partial charge >= 0.3 is 12.1 Å². The average molecular weight is 253 g/mol. The number of carbonyl (C=O) groups is 2. The maximum Gasteiger partial charge on any atom is 0.412 e. The number of phenolic OH excluding ortho intramolecular Hbond substituents is 1. The first kappa shape index (κ1) is 13.8. The van der Waals surface area contributed by atoms with Crippen LogP contribution in [0.1, 0.15) is 31.1 Å². The third kappa shape index (κ3) is 3.97. The lowest BCUT2D eigenvalue weighted by Gasteiger charge is -2.20.